The lowest BCUT2D eigenvalue weighted by Crippen LogP contribution is -2.34. The number of nitrogens with zero attached hydrogens (tertiary/aromatic N) is 1. The number of carbonyl (C=O) groups is 1. The zero-order valence-electron chi connectivity index (χ0n) is 18.9. The number of ether oxygens (including phenoxy) is 4. The molecule has 0 spiro atoms. The van der Waals surface area contributed by atoms with Gasteiger partial charge in [0, 0.05) is 32.3 Å². The van der Waals surface area contributed by atoms with Crippen LogP contribution in [0.5, 0.6) is 17.2 Å². The summed E-state index contributed by atoms with van der Waals surface area (Å²) in [6.45, 7) is 6.45. The summed E-state index contributed by atoms with van der Waals surface area (Å²) < 4.78 is 21.9. The highest BCUT2D eigenvalue weighted by Crippen LogP contribution is 2.37. The Labute approximate surface area is 189 Å². The predicted molar refractivity (Wildman–Crippen MR) is 122 cm³/mol. The van der Waals surface area contributed by atoms with E-state index in [1.54, 1.807) is 7.11 Å². The van der Waals surface area contributed by atoms with E-state index in [9.17, 15) is 4.79 Å². The van der Waals surface area contributed by atoms with Crippen LogP contribution in [0.2, 0.25) is 0 Å². The highest BCUT2D eigenvalue weighted by Gasteiger charge is 2.19. The summed E-state index contributed by atoms with van der Waals surface area (Å²) >= 11 is 0. The molecular formula is C25H32N2O5. The standard InChI is InChI=1S/C25H32N2O5/c1-18-4-3-10-27(14-18)15-21-12-19(20-6-8-23-24(13-20)32-17-31-23)5-7-22(21)30-16-25(28)26-9-11-29-2/h5-8,12-13,18H,3-4,9-11,14-17H2,1-2H3,(H,26,28)/t18-/m1/s1. The van der Waals surface area contributed by atoms with E-state index in [0.717, 1.165) is 53.6 Å². The lowest BCUT2D eigenvalue weighted by molar-refractivity contribution is -0.123. The minimum Gasteiger partial charge on any atom is -0.483 e. The third-order valence-electron chi connectivity index (χ3n) is 5.89. The number of hydrogen-bond donors (Lipinski definition) is 1. The largest absolute Gasteiger partial charge is 0.483 e. The maximum atomic E-state index is 12.1. The first-order valence-corrected chi connectivity index (χ1v) is 11.3. The highest BCUT2D eigenvalue weighted by molar-refractivity contribution is 5.77. The Morgan fingerprint density at radius 3 is 2.81 bits per heavy atom. The van der Waals surface area contributed by atoms with Crippen molar-refractivity contribution in [3.05, 3.63) is 42.0 Å². The fourth-order valence-electron chi connectivity index (χ4n) is 4.26. The molecule has 0 radical (unpaired) electrons. The molecule has 7 heteroatoms. The molecule has 1 N–H and O–H groups in total. The minimum atomic E-state index is -0.153. The Hall–Kier alpha value is -2.77. The van der Waals surface area contributed by atoms with Gasteiger partial charge in [0.1, 0.15) is 5.75 Å². The van der Waals surface area contributed by atoms with E-state index in [2.05, 4.69) is 23.2 Å². The van der Waals surface area contributed by atoms with Crippen molar-refractivity contribution in [3.8, 4) is 28.4 Å². The lowest BCUT2D eigenvalue weighted by Gasteiger charge is -2.31. The number of methoxy groups -OCH3 is 1. The summed E-state index contributed by atoms with van der Waals surface area (Å²) in [5.41, 5.74) is 3.23. The predicted octanol–water partition coefficient (Wildman–Crippen LogP) is 3.46. The number of likely N-dealkylation sites (tertiary alicyclic amines) is 1. The molecule has 1 amide bonds. The molecule has 2 aromatic rings. The molecule has 7 nitrogen and oxygen atoms in total. The zero-order chi connectivity index (χ0) is 22.3. The van der Waals surface area contributed by atoms with Crippen LogP contribution in [0.1, 0.15) is 25.3 Å². The molecule has 2 aliphatic rings. The molecule has 1 fully saturated rings. The SMILES string of the molecule is COCCNC(=O)COc1ccc(-c2ccc3c(c2)OCO3)cc1CN1CCC[C@@H](C)C1. The fraction of sp³-hybridized carbons (Fsp3) is 0.480. The van der Waals surface area contributed by atoms with Gasteiger partial charge in [-0.2, -0.15) is 0 Å². The van der Waals surface area contributed by atoms with Crippen molar-refractivity contribution >= 4 is 5.91 Å². The second-order valence-electron chi connectivity index (χ2n) is 8.50. The van der Waals surface area contributed by atoms with E-state index in [1.165, 1.54) is 12.8 Å². The normalized spacial score (nSPS) is 17.9. The van der Waals surface area contributed by atoms with Crippen LogP contribution < -0.4 is 19.5 Å². The molecule has 2 aromatic carbocycles. The third kappa shape index (κ3) is 5.72. The third-order valence-corrected chi connectivity index (χ3v) is 5.89. The maximum Gasteiger partial charge on any atom is 0.258 e. The fourth-order valence-corrected chi connectivity index (χ4v) is 4.26. The van der Waals surface area contributed by atoms with E-state index >= 15 is 0 Å². The molecule has 32 heavy (non-hydrogen) atoms. The summed E-state index contributed by atoms with van der Waals surface area (Å²) in [6, 6.07) is 12.1. The summed E-state index contributed by atoms with van der Waals surface area (Å²) in [5.74, 6) is 2.82. The lowest BCUT2D eigenvalue weighted by atomic mass is 9.98. The van der Waals surface area contributed by atoms with E-state index in [0.29, 0.717) is 19.1 Å². The number of amides is 1. The van der Waals surface area contributed by atoms with Crippen LogP contribution in [-0.4, -0.2) is 57.6 Å². The minimum absolute atomic E-state index is 0.0174. The summed E-state index contributed by atoms with van der Waals surface area (Å²) in [5, 5.41) is 2.80. The summed E-state index contributed by atoms with van der Waals surface area (Å²) in [7, 11) is 1.61. The van der Waals surface area contributed by atoms with Crippen LogP contribution in [0.4, 0.5) is 0 Å². The molecule has 1 saturated heterocycles. The molecule has 0 unspecified atom stereocenters. The van der Waals surface area contributed by atoms with Crippen LogP contribution in [-0.2, 0) is 16.1 Å². The average Bonchev–Trinajstić information content (AvgIpc) is 3.26. The molecular weight excluding hydrogens is 408 g/mol. The topological polar surface area (TPSA) is 69.3 Å². The molecule has 0 aliphatic carbocycles. The number of piperidine rings is 1. The maximum absolute atomic E-state index is 12.1. The van der Waals surface area contributed by atoms with E-state index < -0.39 is 0 Å². The first-order chi connectivity index (χ1) is 15.6. The van der Waals surface area contributed by atoms with Crippen molar-refractivity contribution in [1.29, 1.82) is 0 Å². The second-order valence-corrected chi connectivity index (χ2v) is 8.50. The van der Waals surface area contributed by atoms with Crippen molar-refractivity contribution < 1.29 is 23.7 Å². The van der Waals surface area contributed by atoms with Gasteiger partial charge in [-0.3, -0.25) is 9.69 Å². The smallest absolute Gasteiger partial charge is 0.258 e. The molecule has 0 saturated carbocycles. The van der Waals surface area contributed by atoms with Gasteiger partial charge >= 0.3 is 0 Å². The highest BCUT2D eigenvalue weighted by atomic mass is 16.7. The van der Waals surface area contributed by atoms with Gasteiger partial charge in [-0.15, -0.1) is 0 Å². The molecule has 4 rings (SSSR count). The van der Waals surface area contributed by atoms with Gasteiger partial charge in [0.2, 0.25) is 6.79 Å². The first-order valence-electron chi connectivity index (χ1n) is 11.3. The van der Waals surface area contributed by atoms with Gasteiger partial charge in [-0.25, -0.2) is 0 Å². The monoisotopic (exact) mass is 440 g/mol. The molecule has 2 heterocycles. The second kappa shape index (κ2) is 10.7. The van der Waals surface area contributed by atoms with E-state index in [4.69, 9.17) is 18.9 Å². The summed E-state index contributed by atoms with van der Waals surface area (Å²) in [6.07, 6.45) is 2.49. The Bertz CT molecular complexity index is 933. The molecule has 0 aromatic heterocycles. The van der Waals surface area contributed by atoms with Gasteiger partial charge in [0.05, 0.1) is 6.61 Å². The van der Waals surface area contributed by atoms with Crippen molar-refractivity contribution in [2.45, 2.75) is 26.3 Å². The number of rotatable bonds is 9. The molecule has 2 aliphatic heterocycles. The number of fused-ring (bicyclic) bond motifs is 1. The summed E-state index contributed by atoms with van der Waals surface area (Å²) in [4.78, 5) is 14.6. The van der Waals surface area contributed by atoms with Crippen LogP contribution in [0.15, 0.2) is 36.4 Å². The van der Waals surface area contributed by atoms with Crippen LogP contribution in [0.25, 0.3) is 11.1 Å². The number of benzene rings is 2. The number of hydrogen-bond acceptors (Lipinski definition) is 6. The quantitative estimate of drug-likeness (QED) is 0.603. The van der Waals surface area contributed by atoms with Crippen LogP contribution in [0, 0.1) is 5.92 Å². The van der Waals surface area contributed by atoms with Crippen LogP contribution in [0.3, 0.4) is 0 Å². The number of nitrogens with one attached hydrogen (secondary N) is 1. The van der Waals surface area contributed by atoms with Crippen molar-refractivity contribution in [3.63, 3.8) is 0 Å². The van der Waals surface area contributed by atoms with E-state index in [-0.39, 0.29) is 19.3 Å². The molecule has 1 atom stereocenters. The Morgan fingerprint density at radius 2 is 1.97 bits per heavy atom. The van der Waals surface area contributed by atoms with Gasteiger partial charge in [0.25, 0.3) is 5.91 Å². The molecule has 172 valence electrons. The van der Waals surface area contributed by atoms with Gasteiger partial charge in [-0.05, 0) is 60.7 Å². The van der Waals surface area contributed by atoms with Crippen LogP contribution >= 0.6 is 0 Å². The van der Waals surface area contributed by atoms with Gasteiger partial charge in [0.15, 0.2) is 18.1 Å². The number of carbonyl (C=O) groups excluding carboxylic acids is 1. The van der Waals surface area contributed by atoms with Crippen molar-refractivity contribution in [2.24, 2.45) is 5.92 Å². The van der Waals surface area contributed by atoms with Gasteiger partial charge < -0.3 is 24.3 Å². The zero-order valence-corrected chi connectivity index (χ0v) is 18.9. The van der Waals surface area contributed by atoms with E-state index in [1.807, 2.05) is 30.3 Å². The first kappa shape index (κ1) is 22.4. The Kier molecular flexibility index (Phi) is 7.50. The van der Waals surface area contributed by atoms with Crippen molar-refractivity contribution in [2.75, 3.05) is 46.8 Å². The van der Waals surface area contributed by atoms with Crippen molar-refractivity contribution in [1.82, 2.24) is 10.2 Å². The van der Waals surface area contributed by atoms with Gasteiger partial charge in [-0.1, -0.05) is 19.1 Å². The Morgan fingerprint density at radius 1 is 1.16 bits per heavy atom. The Balaban J connectivity index is 1.52. The average molecular weight is 441 g/mol. The molecule has 0 bridgehead atoms.